The predicted molar refractivity (Wildman–Crippen MR) is 182 cm³/mol. The lowest BCUT2D eigenvalue weighted by atomic mass is 9.83. The normalized spacial score (nSPS) is 14.1. The molecule has 0 aliphatic rings. The summed E-state index contributed by atoms with van der Waals surface area (Å²) in [5.74, 6) is -0.568. The van der Waals surface area contributed by atoms with Crippen LogP contribution in [0.1, 0.15) is 62.8 Å². The molecule has 2 unspecified atom stereocenters. The van der Waals surface area contributed by atoms with Crippen LogP contribution >= 0.6 is 0 Å². The first-order chi connectivity index (χ1) is 22.2. The van der Waals surface area contributed by atoms with Crippen LogP contribution in [0, 0.1) is 11.8 Å². The summed E-state index contributed by atoms with van der Waals surface area (Å²) in [5, 5.41) is 12.2. The molecule has 4 rings (SSSR count). The number of amides is 4. The summed E-state index contributed by atoms with van der Waals surface area (Å²) in [7, 11) is 0. The Morgan fingerprint density at radius 1 is 0.913 bits per heavy atom. The fraction of sp³-hybridized carbons (Fsp3) is 0.361. The maximum absolute atomic E-state index is 14.3. The molecule has 242 valence electrons. The second-order valence-corrected chi connectivity index (χ2v) is 12.1. The number of hydrogen-bond donors (Lipinski definition) is 5. The predicted octanol–water partition coefficient (Wildman–Crippen LogP) is 5.22. The van der Waals surface area contributed by atoms with Crippen molar-refractivity contribution >= 4 is 34.8 Å². The van der Waals surface area contributed by atoms with E-state index in [1.54, 1.807) is 12.5 Å². The van der Waals surface area contributed by atoms with E-state index in [-0.39, 0.29) is 30.1 Å². The Hall–Kier alpha value is -4.99. The van der Waals surface area contributed by atoms with E-state index in [4.69, 9.17) is 5.73 Å². The second-order valence-electron chi connectivity index (χ2n) is 12.1. The van der Waals surface area contributed by atoms with Crippen molar-refractivity contribution in [2.24, 2.45) is 22.7 Å². The molecular weight excluding hydrogens is 578 g/mol. The van der Waals surface area contributed by atoms with E-state index < -0.39 is 24.0 Å². The van der Waals surface area contributed by atoms with Gasteiger partial charge >= 0.3 is 6.03 Å². The van der Waals surface area contributed by atoms with Gasteiger partial charge in [0.25, 0.3) is 0 Å². The number of primary amides is 1. The number of fused-ring (bicyclic) bond motifs is 1. The second kappa shape index (κ2) is 16.9. The van der Waals surface area contributed by atoms with Gasteiger partial charge in [-0.2, -0.15) is 5.10 Å². The number of nitrogens with two attached hydrogens (primary N) is 1. The quantitative estimate of drug-likeness (QED) is 0.0858. The third kappa shape index (κ3) is 10.0. The molecule has 0 bridgehead atoms. The van der Waals surface area contributed by atoms with Crippen molar-refractivity contribution in [3.05, 3.63) is 102 Å². The smallest absolute Gasteiger partial charge is 0.332 e. The Morgan fingerprint density at radius 3 is 2.35 bits per heavy atom. The minimum atomic E-state index is -0.882. The third-order valence-corrected chi connectivity index (χ3v) is 8.14. The summed E-state index contributed by atoms with van der Waals surface area (Å²) in [4.78, 5) is 46.4. The van der Waals surface area contributed by atoms with E-state index in [0.29, 0.717) is 25.0 Å². The monoisotopic (exact) mass is 623 g/mol. The summed E-state index contributed by atoms with van der Waals surface area (Å²) < 4.78 is 0. The number of benzene rings is 3. The van der Waals surface area contributed by atoms with Crippen LogP contribution in [-0.4, -0.2) is 46.1 Å². The lowest BCUT2D eigenvalue weighted by Crippen LogP contribution is -2.52. The zero-order valence-electron chi connectivity index (χ0n) is 26.8. The Labute approximate surface area is 270 Å². The van der Waals surface area contributed by atoms with Gasteiger partial charge in [0.1, 0.15) is 6.04 Å². The van der Waals surface area contributed by atoms with Gasteiger partial charge in [0.05, 0.1) is 12.4 Å². The number of imidazole rings is 1. The topological polar surface area (TPSA) is 154 Å². The molecule has 3 aromatic carbocycles. The molecule has 4 aromatic rings. The molecule has 0 aliphatic heterocycles. The number of aromatic nitrogens is 2. The maximum atomic E-state index is 14.3. The minimum Gasteiger partial charge on any atom is -0.350 e. The number of hydrazone groups is 1. The van der Waals surface area contributed by atoms with E-state index in [1.165, 1.54) is 11.8 Å². The number of aromatic amines is 1. The summed E-state index contributed by atoms with van der Waals surface area (Å²) in [6.07, 6.45) is 7.45. The maximum Gasteiger partial charge on any atom is 0.332 e. The standard InChI is InChI=1S/C36H45N7O3/c1-4-25(26-11-6-5-7-12-26)18-29(19-28-15-10-14-27-13-8-9-16-32(27)28)34(44)42-33(20-30-21-38-23-39-30)35(45)41-31(17-24(2)3)22-40-43-36(37)46/h5-16,21-25,29,31,33H,4,17-20H2,1-3H3,(H,38,39)(H,41,45)(H,42,44)(H3,37,43,46)/t25?,29?,31-,33-/m0/s1. The summed E-state index contributed by atoms with van der Waals surface area (Å²) in [6.45, 7) is 6.18. The van der Waals surface area contributed by atoms with E-state index in [1.807, 2.05) is 50.2 Å². The average Bonchev–Trinajstić information content (AvgIpc) is 3.56. The summed E-state index contributed by atoms with van der Waals surface area (Å²) in [5.41, 5.74) is 10.3. The third-order valence-electron chi connectivity index (χ3n) is 8.14. The van der Waals surface area contributed by atoms with Gasteiger partial charge in [-0.3, -0.25) is 9.59 Å². The minimum absolute atomic E-state index is 0.163. The van der Waals surface area contributed by atoms with Gasteiger partial charge in [-0.05, 0) is 59.4 Å². The van der Waals surface area contributed by atoms with Gasteiger partial charge in [0, 0.05) is 30.4 Å². The SMILES string of the molecule is CCC(CC(Cc1cccc2ccccc12)C(=O)N[C@@H](Cc1cnc[nH]1)C(=O)N[C@H](C=NNC(N)=O)CC(C)C)c1ccccc1. The number of carbonyl (C=O) groups is 3. The molecule has 10 nitrogen and oxygen atoms in total. The molecule has 10 heteroatoms. The van der Waals surface area contributed by atoms with E-state index in [2.05, 4.69) is 74.5 Å². The summed E-state index contributed by atoms with van der Waals surface area (Å²) in [6, 6.07) is 22.5. The molecule has 1 aromatic heterocycles. The highest BCUT2D eigenvalue weighted by Crippen LogP contribution is 2.31. The summed E-state index contributed by atoms with van der Waals surface area (Å²) >= 11 is 0. The number of H-pyrrole nitrogens is 1. The molecule has 6 N–H and O–H groups in total. The molecule has 0 fully saturated rings. The highest BCUT2D eigenvalue weighted by atomic mass is 16.2. The van der Waals surface area contributed by atoms with Crippen molar-refractivity contribution in [2.45, 2.75) is 70.9 Å². The molecule has 46 heavy (non-hydrogen) atoms. The largest absolute Gasteiger partial charge is 0.350 e. The molecule has 0 spiro atoms. The average molecular weight is 624 g/mol. The molecule has 1 heterocycles. The van der Waals surface area contributed by atoms with Crippen molar-refractivity contribution in [2.75, 3.05) is 0 Å². The molecule has 4 amide bonds. The van der Waals surface area contributed by atoms with Crippen LogP contribution in [0.2, 0.25) is 0 Å². The van der Waals surface area contributed by atoms with E-state index in [9.17, 15) is 14.4 Å². The Morgan fingerprint density at radius 2 is 1.65 bits per heavy atom. The van der Waals surface area contributed by atoms with Crippen LogP contribution < -0.4 is 21.8 Å². The van der Waals surface area contributed by atoms with Crippen molar-refractivity contribution < 1.29 is 14.4 Å². The van der Waals surface area contributed by atoms with Crippen LogP contribution in [0.15, 0.2) is 90.4 Å². The highest BCUT2D eigenvalue weighted by molar-refractivity contribution is 5.91. The first-order valence-corrected chi connectivity index (χ1v) is 15.9. The van der Waals surface area contributed by atoms with Crippen LogP contribution in [0.25, 0.3) is 10.8 Å². The zero-order chi connectivity index (χ0) is 32.9. The van der Waals surface area contributed by atoms with Gasteiger partial charge in [0.2, 0.25) is 11.8 Å². The van der Waals surface area contributed by atoms with Gasteiger partial charge in [0.15, 0.2) is 0 Å². The number of carbonyl (C=O) groups excluding carboxylic acids is 3. The van der Waals surface area contributed by atoms with Crippen LogP contribution in [0.4, 0.5) is 4.79 Å². The van der Waals surface area contributed by atoms with Crippen molar-refractivity contribution in [1.29, 1.82) is 0 Å². The fourth-order valence-corrected chi connectivity index (χ4v) is 5.88. The Bertz CT molecular complexity index is 1580. The number of urea groups is 1. The number of rotatable bonds is 16. The molecular formula is C36H45N7O3. The van der Waals surface area contributed by atoms with Gasteiger partial charge in [-0.25, -0.2) is 15.2 Å². The van der Waals surface area contributed by atoms with Crippen LogP contribution in [-0.2, 0) is 22.4 Å². The molecule has 0 saturated carbocycles. The number of nitrogens with one attached hydrogen (secondary N) is 4. The lowest BCUT2D eigenvalue weighted by Gasteiger charge is -2.27. The van der Waals surface area contributed by atoms with Crippen molar-refractivity contribution in [3.63, 3.8) is 0 Å². The molecule has 0 radical (unpaired) electrons. The van der Waals surface area contributed by atoms with Gasteiger partial charge < -0.3 is 21.4 Å². The van der Waals surface area contributed by atoms with Crippen molar-refractivity contribution in [1.82, 2.24) is 26.0 Å². The highest BCUT2D eigenvalue weighted by Gasteiger charge is 2.30. The molecule has 0 saturated heterocycles. The molecule has 4 atom stereocenters. The Kier molecular flexibility index (Phi) is 12.5. The zero-order valence-corrected chi connectivity index (χ0v) is 26.8. The van der Waals surface area contributed by atoms with Gasteiger partial charge in [-0.15, -0.1) is 0 Å². The lowest BCUT2D eigenvalue weighted by molar-refractivity contribution is -0.131. The van der Waals surface area contributed by atoms with Crippen LogP contribution in [0.5, 0.6) is 0 Å². The first-order valence-electron chi connectivity index (χ1n) is 15.9. The first kappa shape index (κ1) is 33.9. The fourth-order valence-electron chi connectivity index (χ4n) is 5.88. The van der Waals surface area contributed by atoms with E-state index >= 15 is 0 Å². The van der Waals surface area contributed by atoms with Crippen molar-refractivity contribution in [3.8, 4) is 0 Å². The van der Waals surface area contributed by atoms with E-state index in [0.717, 1.165) is 22.8 Å². The Balaban J connectivity index is 1.62. The number of nitrogens with zero attached hydrogens (tertiary/aromatic N) is 2. The number of hydrogen-bond acceptors (Lipinski definition) is 5. The molecule has 0 aliphatic carbocycles. The van der Waals surface area contributed by atoms with Gasteiger partial charge in [-0.1, -0.05) is 93.6 Å². The van der Waals surface area contributed by atoms with Crippen LogP contribution in [0.3, 0.4) is 0 Å².